The molecule has 0 fully saturated rings. The largest absolute Gasteiger partial charge is 0.420 e. The van der Waals surface area contributed by atoms with Gasteiger partial charge in [0.15, 0.2) is 0 Å². The standard InChI is InChI=1S/C14H16BN/c1-12(13-8-5-4-6-9-13)14-10-7-11-16(3)15(14)2/h4-11H,1H2,2-3H3. The van der Waals surface area contributed by atoms with E-state index in [4.69, 9.17) is 0 Å². The van der Waals surface area contributed by atoms with Gasteiger partial charge < -0.3 is 4.81 Å². The van der Waals surface area contributed by atoms with E-state index < -0.39 is 0 Å². The number of nitrogens with zero attached hydrogens (tertiary/aromatic N) is 1. The molecule has 0 amide bonds. The van der Waals surface area contributed by atoms with Gasteiger partial charge >= 0.3 is 0 Å². The normalized spacial score (nSPS) is 15.0. The fourth-order valence-corrected chi connectivity index (χ4v) is 1.93. The highest BCUT2D eigenvalue weighted by Crippen LogP contribution is 2.26. The summed E-state index contributed by atoms with van der Waals surface area (Å²) >= 11 is 0. The molecule has 0 atom stereocenters. The first-order chi connectivity index (χ1) is 7.70. The monoisotopic (exact) mass is 209 g/mol. The number of allylic oxidation sites excluding steroid dienone is 4. The molecule has 2 rings (SSSR count). The molecule has 0 aromatic heterocycles. The minimum absolute atomic E-state index is 0.387. The van der Waals surface area contributed by atoms with Crippen LogP contribution in [0.4, 0.5) is 0 Å². The molecule has 1 heterocycles. The van der Waals surface area contributed by atoms with Crippen molar-refractivity contribution in [2.24, 2.45) is 0 Å². The summed E-state index contributed by atoms with van der Waals surface area (Å²) in [5.41, 5.74) is 3.60. The average molecular weight is 209 g/mol. The Balaban J connectivity index is 2.30. The lowest BCUT2D eigenvalue weighted by Gasteiger charge is -2.26. The van der Waals surface area contributed by atoms with Gasteiger partial charge in [-0.05, 0) is 35.9 Å². The summed E-state index contributed by atoms with van der Waals surface area (Å²) in [6.07, 6.45) is 6.32. The maximum atomic E-state index is 4.20. The quantitative estimate of drug-likeness (QED) is 0.675. The van der Waals surface area contributed by atoms with E-state index in [1.165, 1.54) is 11.0 Å². The Bertz CT molecular complexity index is 445. The van der Waals surface area contributed by atoms with Crippen LogP contribution < -0.4 is 0 Å². The zero-order chi connectivity index (χ0) is 11.5. The fraction of sp³-hybridized carbons (Fsp3) is 0.143. The summed E-state index contributed by atoms with van der Waals surface area (Å²) in [5, 5.41) is 0. The summed E-state index contributed by atoms with van der Waals surface area (Å²) in [6, 6.07) is 10.3. The number of hydrogen-bond donors (Lipinski definition) is 0. The van der Waals surface area contributed by atoms with Gasteiger partial charge in [0.25, 0.3) is 6.85 Å². The van der Waals surface area contributed by atoms with E-state index >= 15 is 0 Å². The SMILES string of the molecule is C=C(C1=CC=CN(C)B1C)c1ccccc1. The minimum Gasteiger partial charge on any atom is -0.420 e. The second-order valence-electron chi connectivity index (χ2n) is 4.15. The first kappa shape index (κ1) is 10.8. The zero-order valence-electron chi connectivity index (χ0n) is 9.85. The molecule has 1 aliphatic rings. The lowest BCUT2D eigenvalue weighted by molar-refractivity contribution is 0.713. The van der Waals surface area contributed by atoms with Gasteiger partial charge in [-0.15, -0.1) is 0 Å². The Labute approximate surface area is 97.9 Å². The summed E-state index contributed by atoms with van der Waals surface area (Å²) in [6.45, 7) is 6.79. The van der Waals surface area contributed by atoms with Crippen molar-refractivity contribution in [3.63, 3.8) is 0 Å². The van der Waals surface area contributed by atoms with Crippen LogP contribution in [0.1, 0.15) is 5.56 Å². The van der Waals surface area contributed by atoms with E-state index in [1.807, 2.05) is 18.2 Å². The summed E-state index contributed by atoms with van der Waals surface area (Å²) in [5.74, 6) is 0. The Hall–Kier alpha value is -1.70. The maximum Gasteiger partial charge on any atom is 0.285 e. The van der Waals surface area contributed by atoms with Gasteiger partial charge in [-0.2, -0.15) is 0 Å². The lowest BCUT2D eigenvalue weighted by Crippen LogP contribution is -2.33. The second kappa shape index (κ2) is 4.44. The van der Waals surface area contributed by atoms with Crippen molar-refractivity contribution in [2.75, 3.05) is 7.05 Å². The van der Waals surface area contributed by atoms with Crippen LogP contribution in [0.25, 0.3) is 5.57 Å². The topological polar surface area (TPSA) is 3.24 Å². The molecular formula is C14H16BN. The van der Waals surface area contributed by atoms with E-state index in [1.54, 1.807) is 0 Å². The molecule has 0 bridgehead atoms. The molecule has 0 spiro atoms. The van der Waals surface area contributed by atoms with Gasteiger partial charge in [0.1, 0.15) is 0 Å². The number of rotatable bonds is 2. The summed E-state index contributed by atoms with van der Waals surface area (Å²) in [7, 11) is 2.09. The Morgan fingerprint density at radius 2 is 1.94 bits per heavy atom. The molecule has 16 heavy (non-hydrogen) atoms. The molecule has 0 saturated heterocycles. The van der Waals surface area contributed by atoms with Gasteiger partial charge in [-0.1, -0.05) is 49.8 Å². The summed E-state index contributed by atoms with van der Waals surface area (Å²) in [4.78, 5) is 2.20. The molecule has 1 nitrogen and oxygen atoms in total. The lowest BCUT2D eigenvalue weighted by atomic mass is 9.52. The molecule has 0 unspecified atom stereocenters. The van der Waals surface area contributed by atoms with Gasteiger partial charge in [0, 0.05) is 0 Å². The van der Waals surface area contributed by atoms with Crippen molar-refractivity contribution in [3.05, 3.63) is 66.3 Å². The average Bonchev–Trinajstić information content (AvgIpc) is 2.33. The van der Waals surface area contributed by atoms with Crippen molar-refractivity contribution < 1.29 is 0 Å². The molecule has 80 valence electrons. The van der Waals surface area contributed by atoms with Gasteiger partial charge in [-0.3, -0.25) is 0 Å². The van der Waals surface area contributed by atoms with Crippen molar-refractivity contribution >= 4 is 12.4 Å². The number of hydrogen-bond acceptors (Lipinski definition) is 1. The smallest absolute Gasteiger partial charge is 0.285 e. The van der Waals surface area contributed by atoms with Crippen LogP contribution in [0.5, 0.6) is 0 Å². The van der Waals surface area contributed by atoms with Crippen LogP contribution in [0.2, 0.25) is 6.82 Å². The zero-order valence-corrected chi connectivity index (χ0v) is 9.85. The van der Waals surface area contributed by atoms with Crippen LogP contribution in [0.15, 0.2) is 60.7 Å². The molecule has 1 aromatic carbocycles. The predicted molar refractivity (Wildman–Crippen MR) is 72.1 cm³/mol. The van der Waals surface area contributed by atoms with E-state index in [0.717, 1.165) is 5.57 Å². The molecular weight excluding hydrogens is 193 g/mol. The van der Waals surface area contributed by atoms with Gasteiger partial charge in [-0.25, -0.2) is 0 Å². The molecule has 1 aliphatic heterocycles. The second-order valence-corrected chi connectivity index (χ2v) is 4.15. The fourth-order valence-electron chi connectivity index (χ4n) is 1.93. The van der Waals surface area contributed by atoms with Crippen molar-refractivity contribution in [1.29, 1.82) is 0 Å². The predicted octanol–water partition coefficient (Wildman–Crippen LogP) is 3.25. The van der Waals surface area contributed by atoms with Gasteiger partial charge in [0.05, 0.1) is 0 Å². The first-order valence-corrected chi connectivity index (χ1v) is 5.55. The third-order valence-electron chi connectivity index (χ3n) is 3.13. The van der Waals surface area contributed by atoms with E-state index in [-0.39, 0.29) is 0 Å². The molecule has 1 aromatic rings. The van der Waals surface area contributed by atoms with Crippen molar-refractivity contribution in [3.8, 4) is 0 Å². The molecule has 0 radical (unpaired) electrons. The van der Waals surface area contributed by atoms with E-state index in [2.05, 4.69) is 55.7 Å². The number of benzene rings is 1. The van der Waals surface area contributed by atoms with Crippen LogP contribution >= 0.6 is 0 Å². The highest BCUT2D eigenvalue weighted by molar-refractivity contribution is 6.66. The van der Waals surface area contributed by atoms with Gasteiger partial charge in [0.2, 0.25) is 0 Å². The van der Waals surface area contributed by atoms with Crippen LogP contribution in [0.3, 0.4) is 0 Å². The van der Waals surface area contributed by atoms with Crippen LogP contribution in [-0.2, 0) is 0 Å². The first-order valence-electron chi connectivity index (χ1n) is 5.55. The molecule has 0 saturated carbocycles. The molecule has 0 aliphatic carbocycles. The van der Waals surface area contributed by atoms with Crippen molar-refractivity contribution in [2.45, 2.75) is 6.82 Å². The Morgan fingerprint density at radius 1 is 1.25 bits per heavy atom. The third kappa shape index (κ3) is 1.96. The highest BCUT2D eigenvalue weighted by Gasteiger charge is 2.21. The Morgan fingerprint density at radius 3 is 2.62 bits per heavy atom. The Kier molecular flexibility index (Phi) is 3.00. The molecule has 2 heteroatoms. The maximum absolute atomic E-state index is 4.20. The van der Waals surface area contributed by atoms with Crippen molar-refractivity contribution in [1.82, 2.24) is 4.81 Å². The van der Waals surface area contributed by atoms with Crippen LogP contribution in [0, 0.1) is 0 Å². The van der Waals surface area contributed by atoms with Crippen LogP contribution in [-0.4, -0.2) is 18.7 Å². The summed E-state index contributed by atoms with van der Waals surface area (Å²) < 4.78 is 0. The third-order valence-corrected chi connectivity index (χ3v) is 3.13. The molecule has 0 N–H and O–H groups in total. The minimum atomic E-state index is 0.387. The van der Waals surface area contributed by atoms with E-state index in [9.17, 15) is 0 Å². The van der Waals surface area contributed by atoms with E-state index in [0.29, 0.717) is 6.85 Å². The highest BCUT2D eigenvalue weighted by atomic mass is 15.0.